The minimum atomic E-state index is -0.657. The van der Waals surface area contributed by atoms with Gasteiger partial charge in [0.15, 0.2) is 0 Å². The highest BCUT2D eigenvalue weighted by molar-refractivity contribution is 5.95. The summed E-state index contributed by atoms with van der Waals surface area (Å²) in [6.45, 7) is 2.94. The second kappa shape index (κ2) is 5.09. The first-order valence-electron chi connectivity index (χ1n) is 6.38. The number of hydrogen-bond acceptors (Lipinski definition) is 4. The fraction of sp³-hybridized carbons (Fsp3) is 0.500. The zero-order valence-electron chi connectivity index (χ0n) is 11.3. The van der Waals surface area contributed by atoms with Crippen LogP contribution in [0, 0.1) is 0 Å². The number of nitrogens with two attached hydrogens (primary N) is 1. The van der Waals surface area contributed by atoms with Crippen molar-refractivity contribution in [3.05, 3.63) is 23.8 Å². The fourth-order valence-electron chi connectivity index (χ4n) is 2.24. The van der Waals surface area contributed by atoms with Gasteiger partial charge in [0.2, 0.25) is 0 Å². The fourth-order valence-corrected chi connectivity index (χ4v) is 2.24. The smallest absolute Gasteiger partial charge is 0.253 e. The van der Waals surface area contributed by atoms with Gasteiger partial charge in [0.05, 0.1) is 18.4 Å². The number of aliphatic hydroxyl groups is 1. The Morgan fingerprint density at radius 1 is 1.42 bits per heavy atom. The molecule has 1 fully saturated rings. The van der Waals surface area contributed by atoms with Crippen molar-refractivity contribution in [2.75, 3.05) is 25.9 Å². The lowest BCUT2D eigenvalue weighted by atomic mass is 9.93. The van der Waals surface area contributed by atoms with E-state index in [-0.39, 0.29) is 5.91 Å². The van der Waals surface area contributed by atoms with Crippen molar-refractivity contribution in [3.63, 3.8) is 0 Å². The summed E-state index contributed by atoms with van der Waals surface area (Å²) in [5.41, 5.74) is 6.16. The molecule has 2 rings (SSSR count). The van der Waals surface area contributed by atoms with Crippen molar-refractivity contribution in [1.29, 1.82) is 0 Å². The van der Waals surface area contributed by atoms with Crippen molar-refractivity contribution in [1.82, 2.24) is 4.90 Å². The number of nitrogen functional groups attached to an aromatic ring is 1. The second-order valence-corrected chi connectivity index (χ2v) is 5.25. The molecular formula is C14H20N2O3. The van der Waals surface area contributed by atoms with Crippen LogP contribution in [-0.2, 0) is 0 Å². The topological polar surface area (TPSA) is 75.8 Å². The summed E-state index contributed by atoms with van der Waals surface area (Å²) in [5.74, 6) is 0.517. The molecule has 5 nitrogen and oxygen atoms in total. The van der Waals surface area contributed by atoms with Gasteiger partial charge in [-0.2, -0.15) is 0 Å². The van der Waals surface area contributed by atoms with Crippen molar-refractivity contribution in [2.24, 2.45) is 0 Å². The van der Waals surface area contributed by atoms with Crippen LogP contribution in [0.5, 0.6) is 5.75 Å². The first-order valence-corrected chi connectivity index (χ1v) is 6.38. The molecule has 3 N–H and O–H groups in total. The lowest BCUT2D eigenvalue weighted by molar-refractivity contribution is -0.00202. The SMILES string of the molecule is COc1ccc(C(=O)N2CCC(C)(O)CC2)cc1N. The quantitative estimate of drug-likeness (QED) is 0.789. The van der Waals surface area contributed by atoms with Crippen LogP contribution in [0.2, 0.25) is 0 Å². The summed E-state index contributed by atoms with van der Waals surface area (Å²) < 4.78 is 5.07. The Morgan fingerprint density at radius 2 is 2.05 bits per heavy atom. The third kappa shape index (κ3) is 2.98. The van der Waals surface area contributed by atoms with Gasteiger partial charge in [0, 0.05) is 18.7 Å². The Morgan fingerprint density at radius 3 is 2.58 bits per heavy atom. The number of rotatable bonds is 2. The van der Waals surface area contributed by atoms with Crippen LogP contribution in [0.15, 0.2) is 18.2 Å². The molecule has 1 aromatic rings. The molecule has 5 heteroatoms. The third-order valence-electron chi connectivity index (χ3n) is 3.60. The van der Waals surface area contributed by atoms with Gasteiger partial charge in [0.1, 0.15) is 5.75 Å². The van der Waals surface area contributed by atoms with E-state index in [0.717, 1.165) is 0 Å². The van der Waals surface area contributed by atoms with Gasteiger partial charge >= 0.3 is 0 Å². The van der Waals surface area contributed by atoms with Crippen LogP contribution in [0.4, 0.5) is 5.69 Å². The van der Waals surface area contributed by atoms with E-state index in [2.05, 4.69) is 0 Å². The predicted molar refractivity (Wildman–Crippen MR) is 73.2 cm³/mol. The largest absolute Gasteiger partial charge is 0.495 e. The maximum absolute atomic E-state index is 12.3. The minimum absolute atomic E-state index is 0.0511. The van der Waals surface area contributed by atoms with Gasteiger partial charge in [-0.25, -0.2) is 0 Å². The zero-order valence-corrected chi connectivity index (χ0v) is 11.3. The highest BCUT2D eigenvalue weighted by Gasteiger charge is 2.30. The summed E-state index contributed by atoms with van der Waals surface area (Å²) in [5, 5.41) is 9.88. The van der Waals surface area contributed by atoms with E-state index in [1.165, 1.54) is 0 Å². The zero-order chi connectivity index (χ0) is 14.0. The van der Waals surface area contributed by atoms with Gasteiger partial charge < -0.3 is 20.5 Å². The molecule has 1 aliphatic heterocycles. The maximum atomic E-state index is 12.3. The highest BCUT2D eigenvalue weighted by atomic mass is 16.5. The van der Waals surface area contributed by atoms with Gasteiger partial charge in [-0.3, -0.25) is 4.79 Å². The van der Waals surface area contributed by atoms with E-state index in [0.29, 0.717) is 42.9 Å². The number of hydrogen-bond donors (Lipinski definition) is 2. The summed E-state index contributed by atoms with van der Waals surface area (Å²) in [4.78, 5) is 14.1. The molecule has 0 unspecified atom stereocenters. The Hall–Kier alpha value is -1.75. The van der Waals surface area contributed by atoms with Crippen molar-refractivity contribution in [2.45, 2.75) is 25.4 Å². The number of carbonyl (C=O) groups excluding carboxylic acids is 1. The van der Waals surface area contributed by atoms with E-state index >= 15 is 0 Å². The van der Waals surface area contributed by atoms with Crippen LogP contribution in [-0.4, -0.2) is 41.7 Å². The van der Waals surface area contributed by atoms with E-state index in [1.54, 1.807) is 37.1 Å². The number of likely N-dealkylation sites (tertiary alicyclic amines) is 1. The molecule has 0 aromatic heterocycles. The molecule has 104 valence electrons. The standard InChI is InChI=1S/C14H20N2O3/c1-14(18)5-7-16(8-6-14)13(17)10-3-4-12(19-2)11(15)9-10/h3-4,9,18H,5-8,15H2,1-2H3. The van der Waals surface area contributed by atoms with Gasteiger partial charge in [-0.05, 0) is 38.0 Å². The monoisotopic (exact) mass is 264 g/mol. The van der Waals surface area contributed by atoms with Crippen LogP contribution in [0.3, 0.4) is 0 Å². The first kappa shape index (κ1) is 13.7. The van der Waals surface area contributed by atoms with Crippen molar-refractivity contribution < 1.29 is 14.6 Å². The van der Waals surface area contributed by atoms with E-state index < -0.39 is 5.60 Å². The first-order chi connectivity index (χ1) is 8.93. The molecular weight excluding hydrogens is 244 g/mol. The number of amides is 1. The molecule has 19 heavy (non-hydrogen) atoms. The molecule has 1 aliphatic rings. The summed E-state index contributed by atoms with van der Waals surface area (Å²) in [6, 6.07) is 5.04. The molecule has 0 aliphatic carbocycles. The highest BCUT2D eigenvalue weighted by Crippen LogP contribution is 2.25. The van der Waals surface area contributed by atoms with Crippen LogP contribution in [0.25, 0.3) is 0 Å². The summed E-state index contributed by atoms with van der Waals surface area (Å²) >= 11 is 0. The maximum Gasteiger partial charge on any atom is 0.253 e. The van der Waals surface area contributed by atoms with E-state index in [9.17, 15) is 9.90 Å². The predicted octanol–water partition coefficient (Wildman–Crippen LogP) is 1.26. The molecule has 0 saturated carbocycles. The molecule has 1 heterocycles. The molecule has 0 atom stereocenters. The Bertz CT molecular complexity index is 476. The molecule has 0 bridgehead atoms. The van der Waals surface area contributed by atoms with Gasteiger partial charge in [0.25, 0.3) is 5.91 Å². The van der Waals surface area contributed by atoms with Crippen LogP contribution < -0.4 is 10.5 Å². The molecule has 0 spiro atoms. The molecule has 1 aromatic carbocycles. The van der Waals surface area contributed by atoms with Crippen LogP contribution in [0.1, 0.15) is 30.1 Å². The van der Waals surface area contributed by atoms with E-state index in [4.69, 9.17) is 10.5 Å². The Kier molecular flexibility index (Phi) is 3.66. The van der Waals surface area contributed by atoms with E-state index in [1.807, 2.05) is 0 Å². The van der Waals surface area contributed by atoms with Gasteiger partial charge in [-0.15, -0.1) is 0 Å². The Balaban J connectivity index is 2.10. The average molecular weight is 264 g/mol. The molecule has 0 radical (unpaired) electrons. The summed E-state index contributed by atoms with van der Waals surface area (Å²) in [6.07, 6.45) is 1.20. The molecule has 1 saturated heterocycles. The second-order valence-electron chi connectivity index (χ2n) is 5.25. The number of methoxy groups -OCH3 is 1. The third-order valence-corrected chi connectivity index (χ3v) is 3.60. The number of piperidine rings is 1. The lowest BCUT2D eigenvalue weighted by Gasteiger charge is -2.35. The number of nitrogens with zero attached hydrogens (tertiary/aromatic N) is 1. The molecule has 1 amide bonds. The number of benzene rings is 1. The average Bonchev–Trinajstić information content (AvgIpc) is 2.38. The van der Waals surface area contributed by atoms with Crippen molar-refractivity contribution >= 4 is 11.6 Å². The number of anilines is 1. The number of carbonyl (C=O) groups is 1. The van der Waals surface area contributed by atoms with Crippen LogP contribution >= 0.6 is 0 Å². The minimum Gasteiger partial charge on any atom is -0.495 e. The normalized spacial score (nSPS) is 18.2. The van der Waals surface area contributed by atoms with Gasteiger partial charge in [-0.1, -0.05) is 0 Å². The van der Waals surface area contributed by atoms with Crippen molar-refractivity contribution in [3.8, 4) is 5.75 Å². The summed E-state index contributed by atoms with van der Waals surface area (Å²) in [7, 11) is 1.54. The number of ether oxygens (including phenoxy) is 1. The Labute approximate surface area is 113 Å². The lowest BCUT2D eigenvalue weighted by Crippen LogP contribution is -2.45.